The summed E-state index contributed by atoms with van der Waals surface area (Å²) >= 11 is 11.4. The van der Waals surface area contributed by atoms with Crippen LogP contribution in [0.2, 0.25) is 10.0 Å². The van der Waals surface area contributed by atoms with E-state index in [2.05, 4.69) is 10.3 Å². The van der Waals surface area contributed by atoms with E-state index in [1.807, 2.05) is 0 Å². The second kappa shape index (κ2) is 4.91. The summed E-state index contributed by atoms with van der Waals surface area (Å²) in [5, 5.41) is 16.4. The average molecular weight is 327 g/mol. The minimum absolute atomic E-state index is 0.123. The molecule has 2 rings (SSSR count). The highest BCUT2D eigenvalue weighted by Crippen LogP contribution is 2.37. The van der Waals surface area contributed by atoms with Crippen LogP contribution in [0.25, 0.3) is 5.69 Å². The zero-order valence-electron chi connectivity index (χ0n) is 9.23. The molecule has 0 aliphatic carbocycles. The monoisotopic (exact) mass is 326 g/mol. The van der Waals surface area contributed by atoms with E-state index in [9.17, 15) is 23.3 Å². The quantitative estimate of drug-likeness (QED) is 0.625. The van der Waals surface area contributed by atoms with Gasteiger partial charge in [-0.25, -0.2) is 0 Å². The van der Waals surface area contributed by atoms with Gasteiger partial charge in [0.15, 0.2) is 0 Å². The van der Waals surface area contributed by atoms with E-state index in [0.29, 0.717) is 12.1 Å². The van der Waals surface area contributed by atoms with Crippen molar-refractivity contribution in [3.63, 3.8) is 0 Å². The summed E-state index contributed by atoms with van der Waals surface area (Å²) < 4.78 is 38.5. The third-order valence-electron chi connectivity index (χ3n) is 2.24. The van der Waals surface area contributed by atoms with Crippen LogP contribution < -0.4 is 0 Å². The van der Waals surface area contributed by atoms with Crippen LogP contribution in [0, 0.1) is 10.1 Å². The summed E-state index contributed by atoms with van der Waals surface area (Å²) in [7, 11) is 0. The Hall–Kier alpha value is -1.87. The third kappa shape index (κ3) is 2.68. The molecule has 1 aromatic carbocycles. The van der Waals surface area contributed by atoms with Crippen molar-refractivity contribution in [2.45, 2.75) is 6.18 Å². The molecule has 1 heterocycles. The highest BCUT2D eigenvalue weighted by molar-refractivity contribution is 6.37. The summed E-state index contributed by atoms with van der Waals surface area (Å²) in [5.74, 6) is -0.586. The van der Waals surface area contributed by atoms with Gasteiger partial charge in [0, 0.05) is 0 Å². The van der Waals surface area contributed by atoms with E-state index < -0.39 is 22.5 Å². The van der Waals surface area contributed by atoms with Crippen molar-refractivity contribution in [2.75, 3.05) is 0 Å². The molecule has 0 N–H and O–H groups in total. The van der Waals surface area contributed by atoms with Crippen LogP contribution in [-0.2, 0) is 6.18 Å². The average Bonchev–Trinajstić information content (AvgIpc) is 2.76. The summed E-state index contributed by atoms with van der Waals surface area (Å²) in [5.41, 5.74) is -1.16. The third-order valence-corrected chi connectivity index (χ3v) is 2.82. The number of alkyl halides is 3. The second-order valence-corrected chi connectivity index (χ2v) is 4.38. The molecular formula is C9H3Cl2F3N4O2. The lowest BCUT2D eigenvalue weighted by molar-refractivity contribution is -0.389. The minimum Gasteiger partial charge on any atom is -0.358 e. The van der Waals surface area contributed by atoms with Crippen LogP contribution >= 0.6 is 23.2 Å². The lowest BCUT2D eigenvalue weighted by atomic mass is 10.2. The Morgan fingerprint density at radius 3 is 2.20 bits per heavy atom. The highest BCUT2D eigenvalue weighted by atomic mass is 35.5. The lowest BCUT2D eigenvalue weighted by Gasteiger charge is -2.11. The summed E-state index contributed by atoms with van der Waals surface area (Å²) in [6, 6.07) is 1.30. The second-order valence-electron chi connectivity index (χ2n) is 3.56. The standard InChI is InChI=1S/C9H3Cl2F3N4O2/c10-5-1-4(9(12,13)14)2-6(11)8(5)17-3-7(15-16-17)18(19)20/h1-3H. The van der Waals surface area contributed by atoms with E-state index in [1.54, 1.807) is 0 Å². The molecule has 1 aromatic heterocycles. The van der Waals surface area contributed by atoms with Gasteiger partial charge in [-0.15, -0.1) is 0 Å². The number of benzene rings is 1. The van der Waals surface area contributed by atoms with Gasteiger partial charge in [0.25, 0.3) is 0 Å². The fraction of sp³-hybridized carbons (Fsp3) is 0.111. The van der Waals surface area contributed by atoms with Crippen molar-refractivity contribution < 1.29 is 18.1 Å². The van der Waals surface area contributed by atoms with Crippen molar-refractivity contribution in [2.24, 2.45) is 0 Å². The van der Waals surface area contributed by atoms with E-state index in [0.717, 1.165) is 10.9 Å². The summed E-state index contributed by atoms with van der Waals surface area (Å²) in [6.45, 7) is 0. The molecule has 0 atom stereocenters. The first-order valence-corrected chi connectivity index (χ1v) is 5.59. The largest absolute Gasteiger partial charge is 0.416 e. The number of aromatic nitrogens is 3. The maximum absolute atomic E-state index is 12.6. The topological polar surface area (TPSA) is 73.8 Å². The first-order chi connectivity index (χ1) is 9.20. The van der Waals surface area contributed by atoms with Gasteiger partial charge in [-0.3, -0.25) is 0 Å². The van der Waals surface area contributed by atoms with Gasteiger partial charge in [-0.2, -0.15) is 17.9 Å². The Labute approximate surface area is 118 Å². The fourth-order valence-electron chi connectivity index (χ4n) is 1.40. The molecule has 11 heteroatoms. The van der Waals surface area contributed by atoms with Crippen LogP contribution in [0.4, 0.5) is 19.0 Å². The molecule has 106 valence electrons. The predicted octanol–water partition coefficient (Wildman–Crippen LogP) is 3.50. The maximum Gasteiger partial charge on any atom is 0.416 e. The molecule has 0 amide bonds. The van der Waals surface area contributed by atoms with Crippen LogP contribution in [0.5, 0.6) is 0 Å². The Morgan fingerprint density at radius 1 is 1.25 bits per heavy atom. The number of rotatable bonds is 2. The van der Waals surface area contributed by atoms with E-state index >= 15 is 0 Å². The molecule has 0 bridgehead atoms. The maximum atomic E-state index is 12.6. The number of hydrogen-bond donors (Lipinski definition) is 0. The number of nitro groups is 1. The number of nitrogens with zero attached hydrogens (tertiary/aromatic N) is 4. The zero-order valence-corrected chi connectivity index (χ0v) is 10.7. The Morgan fingerprint density at radius 2 is 1.80 bits per heavy atom. The summed E-state index contributed by atoms with van der Waals surface area (Å²) in [4.78, 5) is 9.67. The number of halogens is 5. The molecule has 0 saturated carbocycles. The smallest absolute Gasteiger partial charge is 0.358 e. The van der Waals surface area contributed by atoms with Gasteiger partial charge in [0.2, 0.25) is 0 Å². The first kappa shape index (κ1) is 14.5. The molecule has 6 nitrogen and oxygen atoms in total. The van der Waals surface area contributed by atoms with E-state index in [1.165, 1.54) is 0 Å². The fourth-order valence-corrected chi connectivity index (χ4v) is 2.06. The van der Waals surface area contributed by atoms with Gasteiger partial charge in [0.1, 0.15) is 17.0 Å². The van der Waals surface area contributed by atoms with Gasteiger partial charge in [-0.1, -0.05) is 23.2 Å². The zero-order chi connectivity index (χ0) is 15.1. The van der Waals surface area contributed by atoms with E-state index in [4.69, 9.17) is 23.2 Å². The molecule has 2 aromatic rings. The SMILES string of the molecule is O=[N+]([O-])c1cn(-c2c(Cl)cc(C(F)(F)F)cc2Cl)nn1. The Bertz CT molecular complexity index is 663. The van der Waals surface area contributed by atoms with Crippen molar-refractivity contribution in [1.29, 1.82) is 0 Å². The molecule has 0 saturated heterocycles. The molecule has 0 radical (unpaired) electrons. The highest BCUT2D eigenvalue weighted by Gasteiger charge is 2.32. The molecule has 0 aliphatic rings. The summed E-state index contributed by atoms with van der Waals surface area (Å²) in [6.07, 6.45) is -3.72. The normalized spacial score (nSPS) is 11.7. The van der Waals surface area contributed by atoms with Crippen LogP contribution in [0.1, 0.15) is 5.56 Å². The van der Waals surface area contributed by atoms with Gasteiger partial charge in [0.05, 0.1) is 20.8 Å². The van der Waals surface area contributed by atoms with Crippen molar-refractivity contribution >= 4 is 29.0 Å². The Kier molecular flexibility index (Phi) is 3.57. The van der Waals surface area contributed by atoms with Crippen LogP contribution in [0.3, 0.4) is 0 Å². The predicted molar refractivity (Wildman–Crippen MR) is 63.0 cm³/mol. The van der Waals surface area contributed by atoms with Crippen molar-refractivity contribution in [1.82, 2.24) is 15.0 Å². The molecule has 0 aliphatic heterocycles. The lowest BCUT2D eigenvalue weighted by Crippen LogP contribution is -2.07. The minimum atomic E-state index is -4.61. The van der Waals surface area contributed by atoms with Crippen molar-refractivity contribution in [3.05, 3.63) is 44.1 Å². The Balaban J connectivity index is 2.55. The van der Waals surface area contributed by atoms with Gasteiger partial charge >= 0.3 is 12.0 Å². The van der Waals surface area contributed by atoms with Crippen molar-refractivity contribution in [3.8, 4) is 5.69 Å². The first-order valence-electron chi connectivity index (χ1n) is 4.83. The molecule has 0 unspecified atom stereocenters. The number of hydrogen-bond acceptors (Lipinski definition) is 4. The molecule has 0 spiro atoms. The van der Waals surface area contributed by atoms with Crippen LogP contribution in [0.15, 0.2) is 18.3 Å². The van der Waals surface area contributed by atoms with Crippen LogP contribution in [-0.4, -0.2) is 19.9 Å². The van der Waals surface area contributed by atoms with Gasteiger partial charge in [-0.05, 0) is 17.1 Å². The van der Waals surface area contributed by atoms with Gasteiger partial charge < -0.3 is 10.1 Å². The molecule has 0 fully saturated rings. The molecule has 20 heavy (non-hydrogen) atoms. The van der Waals surface area contributed by atoms with E-state index in [-0.39, 0.29) is 15.7 Å². The molecular weight excluding hydrogens is 324 g/mol.